The van der Waals surface area contributed by atoms with Crippen LogP contribution in [0.1, 0.15) is 25.3 Å². The normalized spacial score (nSPS) is 19.0. The van der Waals surface area contributed by atoms with E-state index in [0.29, 0.717) is 41.8 Å². The van der Waals surface area contributed by atoms with E-state index in [0.717, 1.165) is 0 Å². The Balaban J connectivity index is 2.44. The van der Waals surface area contributed by atoms with Gasteiger partial charge < -0.3 is 5.32 Å². The third-order valence-corrected chi connectivity index (χ3v) is 7.14. The molecule has 23 heavy (non-hydrogen) atoms. The Bertz CT molecular complexity index is 712. The summed E-state index contributed by atoms with van der Waals surface area (Å²) in [5, 5.41) is 3.51. The van der Waals surface area contributed by atoms with Crippen molar-refractivity contribution >= 4 is 55.1 Å². The highest BCUT2D eigenvalue weighted by molar-refractivity contribution is 9.08. The maximum Gasteiger partial charge on any atom is 0.245 e. The average Bonchev–Trinajstić information content (AvgIpc) is 2.98. The molecule has 0 bridgehead atoms. The Kier molecular flexibility index (Phi) is 6.35. The lowest BCUT2D eigenvalue weighted by molar-refractivity contribution is -0.124. The Morgan fingerprint density at radius 1 is 1.43 bits per heavy atom. The molecule has 1 aromatic rings. The van der Waals surface area contributed by atoms with E-state index in [1.807, 2.05) is 0 Å². The topological polar surface area (TPSA) is 66.5 Å². The Labute approximate surface area is 154 Å². The lowest BCUT2D eigenvalue weighted by Crippen LogP contribution is -2.45. The van der Waals surface area contributed by atoms with E-state index in [4.69, 9.17) is 23.2 Å². The molecule has 0 spiro atoms. The molecule has 1 atom stereocenters. The number of halogens is 3. The number of sulfonamides is 1. The highest BCUT2D eigenvalue weighted by Gasteiger charge is 2.40. The quantitative estimate of drug-likeness (QED) is 0.710. The van der Waals surface area contributed by atoms with E-state index in [1.54, 1.807) is 6.92 Å². The van der Waals surface area contributed by atoms with Gasteiger partial charge in [0.05, 0.1) is 5.02 Å². The first-order valence-corrected chi connectivity index (χ1v) is 10.5. The van der Waals surface area contributed by atoms with Crippen LogP contribution in [0.3, 0.4) is 0 Å². The van der Waals surface area contributed by atoms with Gasteiger partial charge in [-0.3, -0.25) is 4.79 Å². The van der Waals surface area contributed by atoms with Gasteiger partial charge in [0.2, 0.25) is 15.9 Å². The van der Waals surface area contributed by atoms with Crippen LogP contribution in [-0.4, -0.2) is 37.8 Å². The maximum absolute atomic E-state index is 13.0. The molecular weight excluding hydrogens is 427 g/mol. The molecule has 1 aliphatic rings. The number of nitrogens with one attached hydrogen (secondary N) is 1. The predicted molar refractivity (Wildman–Crippen MR) is 94.7 cm³/mol. The fourth-order valence-electron chi connectivity index (χ4n) is 2.61. The van der Waals surface area contributed by atoms with E-state index in [1.165, 1.54) is 16.4 Å². The number of nitrogens with zero attached hydrogens (tertiary/aromatic N) is 1. The van der Waals surface area contributed by atoms with Gasteiger partial charge in [-0.15, -0.1) is 0 Å². The van der Waals surface area contributed by atoms with Gasteiger partial charge in [-0.25, -0.2) is 8.42 Å². The number of carbonyl (C=O) groups excluding carboxylic acids is 1. The number of benzene rings is 1. The van der Waals surface area contributed by atoms with Gasteiger partial charge in [-0.1, -0.05) is 39.1 Å². The molecule has 0 aliphatic carbocycles. The van der Waals surface area contributed by atoms with Crippen LogP contribution in [0, 0.1) is 0 Å². The summed E-state index contributed by atoms with van der Waals surface area (Å²) in [6.45, 7) is 2.55. The minimum Gasteiger partial charge on any atom is -0.355 e. The summed E-state index contributed by atoms with van der Waals surface area (Å²) < 4.78 is 27.1. The van der Waals surface area contributed by atoms with Crippen molar-refractivity contribution in [2.45, 2.75) is 36.0 Å². The van der Waals surface area contributed by atoms with Gasteiger partial charge >= 0.3 is 0 Å². The number of likely N-dealkylation sites (N-methyl/N-ethyl adjacent to an activating group) is 1. The molecule has 1 saturated heterocycles. The standard InChI is InChI=1S/C14H17BrCl2N2O3S/c1-2-18-14(20)11-4-3-7-19(11)23(21,22)12-6-5-10(16)9(8-15)13(12)17/h5-6,11H,2-4,7-8H2,1H3,(H,18,20)/t11-/m0/s1. The second-order valence-corrected chi connectivity index (χ2v) is 8.34. The summed E-state index contributed by atoms with van der Waals surface area (Å²) in [4.78, 5) is 12.1. The van der Waals surface area contributed by atoms with Crippen LogP contribution in [-0.2, 0) is 20.1 Å². The number of hydrogen-bond acceptors (Lipinski definition) is 3. The highest BCUT2D eigenvalue weighted by atomic mass is 79.9. The largest absolute Gasteiger partial charge is 0.355 e. The summed E-state index contributed by atoms with van der Waals surface area (Å²) in [7, 11) is -3.87. The van der Waals surface area contributed by atoms with Crippen molar-refractivity contribution in [3.8, 4) is 0 Å². The first-order valence-electron chi connectivity index (χ1n) is 7.17. The molecular formula is C14H17BrCl2N2O3S. The Morgan fingerprint density at radius 2 is 2.13 bits per heavy atom. The first kappa shape index (κ1) is 19.0. The molecule has 5 nitrogen and oxygen atoms in total. The summed E-state index contributed by atoms with van der Waals surface area (Å²) in [5.41, 5.74) is 0.517. The van der Waals surface area contributed by atoms with E-state index in [9.17, 15) is 13.2 Å². The zero-order valence-electron chi connectivity index (χ0n) is 12.5. The number of amides is 1. The van der Waals surface area contributed by atoms with E-state index in [-0.39, 0.29) is 15.8 Å². The number of rotatable bonds is 5. The van der Waals surface area contributed by atoms with Crippen molar-refractivity contribution in [1.82, 2.24) is 9.62 Å². The van der Waals surface area contributed by atoms with Crippen molar-refractivity contribution < 1.29 is 13.2 Å². The molecule has 0 unspecified atom stereocenters. The van der Waals surface area contributed by atoms with Gasteiger partial charge in [0.1, 0.15) is 10.9 Å². The molecule has 0 radical (unpaired) electrons. The summed E-state index contributed by atoms with van der Waals surface area (Å²) in [6, 6.07) is 2.20. The van der Waals surface area contributed by atoms with Crippen LogP contribution in [0.5, 0.6) is 0 Å². The predicted octanol–water partition coefficient (Wildman–Crippen LogP) is 3.18. The van der Waals surface area contributed by atoms with Crippen molar-refractivity contribution in [3.63, 3.8) is 0 Å². The van der Waals surface area contributed by atoms with E-state index >= 15 is 0 Å². The summed E-state index contributed by atoms with van der Waals surface area (Å²) >= 11 is 15.5. The lowest BCUT2D eigenvalue weighted by Gasteiger charge is -2.24. The van der Waals surface area contributed by atoms with Crippen LogP contribution in [0.15, 0.2) is 17.0 Å². The Morgan fingerprint density at radius 3 is 2.74 bits per heavy atom. The zero-order chi connectivity index (χ0) is 17.2. The molecule has 1 fully saturated rings. The van der Waals surface area contributed by atoms with E-state index in [2.05, 4.69) is 21.2 Å². The second kappa shape index (κ2) is 7.70. The van der Waals surface area contributed by atoms with Crippen LogP contribution >= 0.6 is 39.1 Å². The number of carbonyl (C=O) groups is 1. The minimum absolute atomic E-state index is 0.0192. The van der Waals surface area contributed by atoms with E-state index < -0.39 is 16.1 Å². The SMILES string of the molecule is CCNC(=O)[C@@H]1CCCN1S(=O)(=O)c1ccc(Cl)c(CBr)c1Cl. The van der Waals surface area contributed by atoms with Crippen molar-refractivity contribution in [2.75, 3.05) is 13.1 Å². The van der Waals surface area contributed by atoms with Gasteiger partial charge in [0, 0.05) is 29.0 Å². The first-order chi connectivity index (χ1) is 10.8. The molecule has 1 aliphatic heterocycles. The lowest BCUT2D eigenvalue weighted by atomic mass is 10.2. The Hall–Kier alpha value is -0.340. The fourth-order valence-corrected chi connectivity index (χ4v) is 6.06. The third kappa shape index (κ3) is 3.69. The molecule has 1 N–H and O–H groups in total. The van der Waals surface area contributed by atoms with Gasteiger partial charge in [-0.2, -0.15) is 4.31 Å². The van der Waals surface area contributed by atoms with Gasteiger partial charge in [-0.05, 0) is 31.9 Å². The molecule has 1 heterocycles. The van der Waals surface area contributed by atoms with Gasteiger partial charge in [0.25, 0.3) is 0 Å². The average molecular weight is 444 g/mol. The molecule has 1 aromatic carbocycles. The molecule has 0 aromatic heterocycles. The number of hydrogen-bond donors (Lipinski definition) is 1. The third-order valence-electron chi connectivity index (χ3n) is 3.73. The molecule has 2 rings (SSSR count). The minimum atomic E-state index is -3.87. The highest BCUT2D eigenvalue weighted by Crippen LogP contribution is 2.36. The molecule has 1 amide bonds. The van der Waals surface area contributed by atoms with Crippen LogP contribution in [0.25, 0.3) is 0 Å². The molecule has 0 saturated carbocycles. The summed E-state index contributed by atoms with van der Waals surface area (Å²) in [5.74, 6) is -0.278. The van der Waals surface area contributed by atoms with Crippen molar-refractivity contribution in [1.29, 1.82) is 0 Å². The van der Waals surface area contributed by atoms with Crippen molar-refractivity contribution in [2.24, 2.45) is 0 Å². The van der Waals surface area contributed by atoms with Gasteiger partial charge in [0.15, 0.2) is 0 Å². The number of alkyl halides is 1. The molecule has 128 valence electrons. The second-order valence-electron chi connectivity index (χ2n) is 5.14. The maximum atomic E-state index is 13.0. The van der Waals surface area contributed by atoms with Crippen molar-refractivity contribution in [3.05, 3.63) is 27.7 Å². The summed E-state index contributed by atoms with van der Waals surface area (Å²) in [6.07, 6.45) is 1.14. The van der Waals surface area contributed by atoms with Crippen LogP contribution < -0.4 is 5.32 Å². The smallest absolute Gasteiger partial charge is 0.245 e. The zero-order valence-corrected chi connectivity index (χ0v) is 16.4. The van der Waals surface area contributed by atoms with Crippen LogP contribution in [0.2, 0.25) is 10.0 Å². The molecule has 9 heteroatoms. The monoisotopic (exact) mass is 442 g/mol. The fraction of sp³-hybridized carbons (Fsp3) is 0.500. The van der Waals surface area contributed by atoms with Crippen LogP contribution in [0.4, 0.5) is 0 Å².